The van der Waals surface area contributed by atoms with Crippen molar-refractivity contribution in [3.63, 3.8) is 0 Å². The monoisotopic (exact) mass is 429 g/mol. The third kappa shape index (κ3) is 7.99. The zero-order valence-electron chi connectivity index (χ0n) is 18.7. The quantitative estimate of drug-likeness (QED) is 0.384. The minimum Gasteiger partial charge on any atom is -1.00 e. The van der Waals surface area contributed by atoms with Gasteiger partial charge in [-0.2, -0.15) is 0 Å². The molecule has 0 radical (unpaired) electrons. The maximum atomic E-state index is 10.9. The van der Waals surface area contributed by atoms with E-state index in [4.69, 9.17) is 9.84 Å². The van der Waals surface area contributed by atoms with Crippen LogP contribution in [0.2, 0.25) is 12.6 Å². The number of nitrogens with one attached hydrogen (secondary N) is 1. The molecule has 0 bridgehead atoms. The summed E-state index contributed by atoms with van der Waals surface area (Å²) < 4.78 is 5.85. The van der Waals surface area contributed by atoms with Crippen molar-refractivity contribution in [2.45, 2.75) is 25.1 Å². The van der Waals surface area contributed by atoms with E-state index in [0.29, 0.717) is 5.56 Å². The van der Waals surface area contributed by atoms with Crippen molar-refractivity contribution < 1.29 is 45.6 Å². The molecule has 3 aromatic carbocycles. The van der Waals surface area contributed by atoms with Gasteiger partial charge in [0.25, 0.3) is 0 Å². The molecule has 3 rings (SSSR count). The van der Waals surface area contributed by atoms with E-state index >= 15 is 0 Å². The normalized spacial score (nSPS) is 11.2. The van der Waals surface area contributed by atoms with E-state index in [9.17, 15) is 4.79 Å². The summed E-state index contributed by atoms with van der Waals surface area (Å²) in [5.41, 5.74) is 2.66. The van der Waals surface area contributed by atoms with Crippen LogP contribution in [-0.2, 0) is 6.04 Å². The molecular formula is C24H28NNaO3Si. The van der Waals surface area contributed by atoms with Gasteiger partial charge in [0.05, 0.1) is 5.56 Å². The Labute approximate surface area is 203 Å². The Hall–Kier alpha value is -2.05. The maximum absolute atomic E-state index is 10.9. The van der Waals surface area contributed by atoms with E-state index in [1.165, 1.54) is 17.7 Å². The Bertz CT molecular complexity index is 908. The summed E-state index contributed by atoms with van der Waals surface area (Å²) in [6, 6.07) is 27.6. The predicted octanol–water partition coefficient (Wildman–Crippen LogP) is 2.73. The fraction of sp³-hybridized carbons (Fsp3) is 0.208. The predicted molar refractivity (Wildman–Crippen MR) is 122 cm³/mol. The third-order valence-electron chi connectivity index (χ3n) is 4.82. The molecule has 4 nitrogen and oxygen atoms in total. The van der Waals surface area contributed by atoms with Gasteiger partial charge in [0.15, 0.2) is 0 Å². The van der Waals surface area contributed by atoms with E-state index in [1.54, 1.807) is 12.1 Å². The number of hydrogen-bond acceptors (Lipinski definition) is 3. The molecule has 152 valence electrons. The van der Waals surface area contributed by atoms with Crippen LogP contribution in [0.15, 0.2) is 78.9 Å². The van der Waals surface area contributed by atoms with Crippen LogP contribution in [0.25, 0.3) is 0 Å². The average Bonchev–Trinajstić information content (AvgIpc) is 2.74. The molecule has 1 atom stereocenters. The molecular weight excluding hydrogens is 401 g/mol. The fourth-order valence-corrected chi connectivity index (χ4v) is 5.42. The van der Waals surface area contributed by atoms with Gasteiger partial charge < -0.3 is 16.6 Å². The van der Waals surface area contributed by atoms with Crippen molar-refractivity contribution in [1.82, 2.24) is 0 Å². The van der Waals surface area contributed by atoms with Crippen LogP contribution in [0.5, 0.6) is 11.5 Å². The van der Waals surface area contributed by atoms with Gasteiger partial charge in [-0.05, 0) is 61.0 Å². The second-order valence-electron chi connectivity index (χ2n) is 7.32. The van der Waals surface area contributed by atoms with E-state index in [2.05, 4.69) is 24.0 Å². The third-order valence-corrected chi connectivity index (χ3v) is 7.38. The van der Waals surface area contributed by atoms with Crippen LogP contribution in [-0.4, -0.2) is 26.4 Å². The minimum atomic E-state index is -0.893. The average molecular weight is 430 g/mol. The largest absolute Gasteiger partial charge is 1.00 e. The van der Waals surface area contributed by atoms with E-state index < -0.39 is 14.8 Å². The second-order valence-corrected chi connectivity index (χ2v) is 10.5. The molecule has 0 saturated heterocycles. The Kier molecular flexibility index (Phi) is 10.2. The van der Waals surface area contributed by atoms with Gasteiger partial charge in [0.2, 0.25) is 0 Å². The van der Waals surface area contributed by atoms with Crippen LogP contribution in [0.1, 0.15) is 23.8 Å². The number of carboxylic acids is 1. The van der Waals surface area contributed by atoms with Gasteiger partial charge in [-0.3, -0.25) is 0 Å². The van der Waals surface area contributed by atoms with Crippen LogP contribution in [0.3, 0.4) is 0 Å². The van der Waals surface area contributed by atoms with Crippen molar-refractivity contribution in [3.05, 3.63) is 90.0 Å². The summed E-state index contributed by atoms with van der Waals surface area (Å²) >= 11 is 0. The van der Waals surface area contributed by atoms with E-state index in [1.807, 2.05) is 54.6 Å². The number of hydrogen-bond donors (Lipinski definition) is 2. The molecule has 2 N–H and O–H groups in total. The number of carboxylic acid groups (broad SMARTS) is 1. The SMILES string of the molecule is C[SiH](CCCNc1ccc(C(=O)O)cc1)Cc1ccc(Oc2ccccc2)cc1.[H-].[Na+]. The number of aromatic carboxylic acids is 1. The zero-order valence-corrected chi connectivity index (χ0v) is 20.8. The summed E-state index contributed by atoms with van der Waals surface area (Å²) in [6.45, 7) is 3.32. The van der Waals surface area contributed by atoms with Crippen LogP contribution >= 0.6 is 0 Å². The van der Waals surface area contributed by atoms with Gasteiger partial charge in [-0.1, -0.05) is 48.5 Å². The van der Waals surface area contributed by atoms with Crippen molar-refractivity contribution in [1.29, 1.82) is 0 Å². The summed E-state index contributed by atoms with van der Waals surface area (Å²) in [5, 5.41) is 12.3. The number of rotatable bonds is 10. The van der Waals surface area contributed by atoms with Gasteiger partial charge >= 0.3 is 35.5 Å². The standard InChI is InChI=1S/C24H27NO3Si.Na.H/c1-29(17-5-16-25-21-12-10-20(11-13-21)24(26)27)18-19-8-14-23(15-9-19)28-22-6-3-2-4-7-22;;/h2-4,6-15,25,29H,5,16-18H2,1H3,(H,26,27);;/q;+1;-1. The van der Waals surface area contributed by atoms with Gasteiger partial charge in [0, 0.05) is 21.0 Å². The first kappa shape index (κ1) is 24.2. The Morgan fingerprint density at radius 2 is 1.60 bits per heavy atom. The Morgan fingerprint density at radius 1 is 0.967 bits per heavy atom. The Morgan fingerprint density at radius 3 is 2.23 bits per heavy atom. The topological polar surface area (TPSA) is 58.6 Å². The molecule has 6 heteroatoms. The van der Waals surface area contributed by atoms with Crippen molar-refractivity contribution in [2.75, 3.05) is 11.9 Å². The molecule has 1 unspecified atom stereocenters. The summed E-state index contributed by atoms with van der Waals surface area (Å²) in [7, 11) is -0.819. The van der Waals surface area contributed by atoms with Crippen LogP contribution in [0.4, 0.5) is 5.69 Å². The first-order chi connectivity index (χ1) is 14.1. The molecule has 0 aliphatic carbocycles. The van der Waals surface area contributed by atoms with Gasteiger partial charge in [0.1, 0.15) is 11.5 Å². The van der Waals surface area contributed by atoms with Crippen molar-refractivity contribution in [3.8, 4) is 11.5 Å². The summed E-state index contributed by atoms with van der Waals surface area (Å²) in [5.74, 6) is 0.830. The smallest absolute Gasteiger partial charge is 1.00 e. The molecule has 0 fully saturated rings. The molecule has 0 aromatic heterocycles. The number of carbonyl (C=O) groups is 1. The molecule has 3 aromatic rings. The first-order valence-electron chi connectivity index (χ1n) is 9.99. The summed E-state index contributed by atoms with van der Waals surface area (Å²) in [4.78, 5) is 10.9. The Balaban J connectivity index is 0.00000240. The van der Waals surface area contributed by atoms with Gasteiger partial charge in [-0.15, -0.1) is 0 Å². The van der Waals surface area contributed by atoms with Crippen molar-refractivity contribution in [2.24, 2.45) is 0 Å². The fourth-order valence-electron chi connectivity index (χ4n) is 3.24. The van der Waals surface area contributed by atoms with Crippen LogP contribution < -0.4 is 39.6 Å². The van der Waals surface area contributed by atoms with Gasteiger partial charge in [-0.25, -0.2) is 4.79 Å². The number of para-hydroxylation sites is 1. The van der Waals surface area contributed by atoms with Crippen molar-refractivity contribution >= 4 is 20.5 Å². The molecule has 0 amide bonds. The molecule has 0 heterocycles. The number of anilines is 1. The van der Waals surface area contributed by atoms with Crippen LogP contribution in [0, 0.1) is 0 Å². The molecule has 0 spiro atoms. The molecule has 0 saturated carbocycles. The maximum Gasteiger partial charge on any atom is 1.00 e. The number of benzene rings is 3. The van der Waals surface area contributed by atoms with E-state index in [0.717, 1.165) is 30.2 Å². The minimum absolute atomic E-state index is 0. The molecule has 0 aliphatic rings. The number of ether oxygens (including phenoxy) is 1. The second kappa shape index (κ2) is 12.6. The van der Waals surface area contributed by atoms with E-state index in [-0.39, 0.29) is 31.0 Å². The summed E-state index contributed by atoms with van der Waals surface area (Å²) in [6.07, 6.45) is 1.13. The molecule has 30 heavy (non-hydrogen) atoms. The zero-order chi connectivity index (χ0) is 20.5. The first-order valence-corrected chi connectivity index (χ1v) is 12.8. The molecule has 0 aliphatic heterocycles.